The fraction of sp³-hybridized carbons (Fsp3) is 0.933. The maximum absolute atomic E-state index is 12.1. The van der Waals surface area contributed by atoms with Gasteiger partial charge in [0, 0.05) is 0 Å². The molecule has 100 valence electrons. The van der Waals surface area contributed by atoms with Crippen molar-refractivity contribution in [3.63, 3.8) is 0 Å². The number of hydrogen-bond acceptors (Lipinski definition) is 2. The lowest BCUT2D eigenvalue weighted by Crippen LogP contribution is -2.37. The minimum absolute atomic E-state index is 0.0382. The third-order valence-electron chi connectivity index (χ3n) is 4.34. The predicted molar refractivity (Wildman–Crippen MR) is 70.8 cm³/mol. The minimum atomic E-state index is -0.169. The van der Waals surface area contributed by atoms with Gasteiger partial charge in [-0.25, -0.2) is 0 Å². The van der Waals surface area contributed by atoms with Crippen LogP contribution in [0.4, 0.5) is 0 Å². The van der Waals surface area contributed by atoms with E-state index in [4.69, 9.17) is 4.74 Å². The van der Waals surface area contributed by atoms with E-state index in [0.29, 0.717) is 5.92 Å². The van der Waals surface area contributed by atoms with Crippen molar-refractivity contribution < 1.29 is 9.53 Å². The minimum Gasteiger partial charge on any atom is -0.469 e. The second-order valence-corrected chi connectivity index (χ2v) is 6.08. The van der Waals surface area contributed by atoms with E-state index in [2.05, 4.69) is 20.8 Å². The Kier molecular flexibility index (Phi) is 5.48. The van der Waals surface area contributed by atoms with Gasteiger partial charge in [0.25, 0.3) is 0 Å². The zero-order valence-electron chi connectivity index (χ0n) is 11.9. The number of carbonyl (C=O) groups excluding carboxylic acids is 1. The number of methoxy groups -OCH3 is 1. The molecule has 0 aliphatic heterocycles. The summed E-state index contributed by atoms with van der Waals surface area (Å²) in [7, 11) is 1.54. The fourth-order valence-corrected chi connectivity index (χ4v) is 3.13. The Morgan fingerprint density at radius 1 is 1.47 bits per heavy atom. The summed E-state index contributed by atoms with van der Waals surface area (Å²) in [5, 5.41) is 0. The van der Waals surface area contributed by atoms with E-state index in [1.807, 2.05) is 0 Å². The molecular formula is C15H28O2. The van der Waals surface area contributed by atoms with Crippen LogP contribution in [-0.4, -0.2) is 13.1 Å². The topological polar surface area (TPSA) is 26.3 Å². The van der Waals surface area contributed by atoms with Gasteiger partial charge in [-0.3, -0.25) is 4.79 Å². The maximum Gasteiger partial charge on any atom is 0.311 e. The van der Waals surface area contributed by atoms with E-state index in [-0.39, 0.29) is 11.4 Å². The van der Waals surface area contributed by atoms with Crippen LogP contribution in [0.15, 0.2) is 0 Å². The van der Waals surface area contributed by atoms with Crippen LogP contribution in [0.25, 0.3) is 0 Å². The number of hydrogen-bond donors (Lipinski definition) is 0. The van der Waals surface area contributed by atoms with Crippen LogP contribution in [0.1, 0.15) is 65.7 Å². The monoisotopic (exact) mass is 240 g/mol. The molecule has 1 fully saturated rings. The van der Waals surface area contributed by atoms with Crippen LogP contribution in [0.5, 0.6) is 0 Å². The molecule has 17 heavy (non-hydrogen) atoms. The van der Waals surface area contributed by atoms with Crippen molar-refractivity contribution in [3.05, 3.63) is 0 Å². The molecule has 0 aromatic carbocycles. The molecule has 0 aromatic rings. The van der Waals surface area contributed by atoms with Crippen molar-refractivity contribution in [3.8, 4) is 0 Å². The van der Waals surface area contributed by atoms with Crippen molar-refractivity contribution in [1.29, 1.82) is 0 Å². The number of ether oxygens (including phenoxy) is 1. The summed E-state index contributed by atoms with van der Waals surface area (Å²) in [4.78, 5) is 12.1. The molecule has 0 aromatic heterocycles. The summed E-state index contributed by atoms with van der Waals surface area (Å²) in [5.74, 6) is 1.42. The van der Waals surface area contributed by atoms with Crippen molar-refractivity contribution >= 4 is 5.97 Å². The van der Waals surface area contributed by atoms with Crippen LogP contribution in [0, 0.1) is 17.3 Å². The van der Waals surface area contributed by atoms with Crippen LogP contribution in [0.2, 0.25) is 0 Å². The maximum atomic E-state index is 12.1. The van der Waals surface area contributed by atoms with Crippen molar-refractivity contribution in [1.82, 2.24) is 0 Å². The zero-order chi connectivity index (χ0) is 12.9. The molecule has 0 saturated heterocycles. The lowest BCUT2D eigenvalue weighted by molar-refractivity contribution is -0.157. The van der Waals surface area contributed by atoms with Gasteiger partial charge < -0.3 is 4.74 Å². The van der Waals surface area contributed by atoms with E-state index in [0.717, 1.165) is 31.6 Å². The molecule has 1 aliphatic carbocycles. The fourth-order valence-electron chi connectivity index (χ4n) is 3.13. The van der Waals surface area contributed by atoms with Gasteiger partial charge in [0.05, 0.1) is 12.5 Å². The summed E-state index contributed by atoms with van der Waals surface area (Å²) >= 11 is 0. The first-order valence-electron chi connectivity index (χ1n) is 7.12. The average molecular weight is 240 g/mol. The highest BCUT2D eigenvalue weighted by molar-refractivity contribution is 5.76. The average Bonchev–Trinajstić information content (AvgIpc) is 2.35. The molecule has 2 heteroatoms. The molecule has 1 rings (SSSR count). The van der Waals surface area contributed by atoms with E-state index >= 15 is 0 Å². The molecule has 0 radical (unpaired) electrons. The summed E-state index contributed by atoms with van der Waals surface area (Å²) in [6, 6.07) is 0. The van der Waals surface area contributed by atoms with Crippen molar-refractivity contribution in [2.75, 3.05) is 7.11 Å². The van der Waals surface area contributed by atoms with Gasteiger partial charge in [-0.2, -0.15) is 0 Å². The molecule has 2 atom stereocenters. The van der Waals surface area contributed by atoms with E-state index < -0.39 is 0 Å². The van der Waals surface area contributed by atoms with Crippen LogP contribution in [-0.2, 0) is 9.53 Å². The summed E-state index contributed by atoms with van der Waals surface area (Å²) in [5.41, 5.74) is -0.169. The lowest BCUT2D eigenvalue weighted by atomic mass is 9.66. The van der Waals surface area contributed by atoms with E-state index in [9.17, 15) is 4.79 Å². The molecule has 0 spiro atoms. The normalized spacial score (nSPS) is 29.4. The second kappa shape index (κ2) is 6.42. The Bertz CT molecular complexity index is 247. The van der Waals surface area contributed by atoms with Crippen molar-refractivity contribution in [2.45, 2.75) is 65.7 Å². The first kappa shape index (κ1) is 14.5. The van der Waals surface area contributed by atoms with E-state index in [1.165, 1.54) is 26.4 Å². The summed E-state index contributed by atoms with van der Waals surface area (Å²) < 4.78 is 5.08. The molecule has 1 aliphatic rings. The SMILES string of the molecule is CCC1CCCC(CCC(C)C)(C(=O)OC)C1. The molecule has 0 amide bonds. The highest BCUT2D eigenvalue weighted by Gasteiger charge is 2.42. The summed E-state index contributed by atoms with van der Waals surface area (Å²) in [6.07, 6.45) is 7.88. The van der Waals surface area contributed by atoms with Gasteiger partial charge in [0.2, 0.25) is 0 Å². The summed E-state index contributed by atoms with van der Waals surface area (Å²) in [6.45, 7) is 6.69. The predicted octanol–water partition coefficient (Wildman–Crippen LogP) is 4.18. The molecule has 0 heterocycles. The molecule has 0 N–H and O–H groups in total. The third kappa shape index (κ3) is 3.72. The number of carbonyl (C=O) groups is 1. The zero-order valence-corrected chi connectivity index (χ0v) is 11.9. The second-order valence-electron chi connectivity index (χ2n) is 6.08. The Morgan fingerprint density at radius 2 is 2.18 bits per heavy atom. The van der Waals surface area contributed by atoms with Crippen LogP contribution >= 0.6 is 0 Å². The number of esters is 1. The van der Waals surface area contributed by atoms with Gasteiger partial charge in [-0.15, -0.1) is 0 Å². The Balaban J connectivity index is 2.74. The first-order valence-corrected chi connectivity index (χ1v) is 7.12. The van der Waals surface area contributed by atoms with Gasteiger partial charge in [0.1, 0.15) is 0 Å². The third-order valence-corrected chi connectivity index (χ3v) is 4.34. The Hall–Kier alpha value is -0.530. The highest BCUT2D eigenvalue weighted by atomic mass is 16.5. The molecule has 2 nitrogen and oxygen atoms in total. The first-order chi connectivity index (χ1) is 8.04. The van der Waals surface area contributed by atoms with E-state index in [1.54, 1.807) is 0 Å². The smallest absolute Gasteiger partial charge is 0.311 e. The molecular weight excluding hydrogens is 212 g/mol. The standard InChI is InChI=1S/C15H28O2/c1-5-13-7-6-9-15(11-13,14(16)17-4)10-8-12(2)3/h12-13H,5-11H2,1-4H3. The lowest BCUT2D eigenvalue weighted by Gasteiger charge is -2.39. The van der Waals surface area contributed by atoms with Gasteiger partial charge >= 0.3 is 5.97 Å². The van der Waals surface area contributed by atoms with Crippen LogP contribution < -0.4 is 0 Å². The Labute approximate surface area is 106 Å². The highest BCUT2D eigenvalue weighted by Crippen LogP contribution is 2.45. The molecule has 1 saturated carbocycles. The largest absolute Gasteiger partial charge is 0.469 e. The van der Waals surface area contributed by atoms with Gasteiger partial charge in [-0.1, -0.05) is 40.0 Å². The molecule has 0 bridgehead atoms. The Morgan fingerprint density at radius 3 is 2.71 bits per heavy atom. The van der Waals surface area contributed by atoms with Gasteiger partial charge in [-0.05, 0) is 37.5 Å². The molecule has 2 unspecified atom stereocenters. The van der Waals surface area contributed by atoms with Crippen molar-refractivity contribution in [2.24, 2.45) is 17.3 Å². The van der Waals surface area contributed by atoms with Crippen LogP contribution in [0.3, 0.4) is 0 Å². The number of rotatable bonds is 5. The van der Waals surface area contributed by atoms with Gasteiger partial charge in [0.15, 0.2) is 0 Å². The quantitative estimate of drug-likeness (QED) is 0.674.